The van der Waals surface area contributed by atoms with Crippen molar-refractivity contribution >= 4 is 27.6 Å². The zero-order valence-electron chi connectivity index (χ0n) is 12.5. The highest BCUT2D eigenvalue weighted by Gasteiger charge is 2.19. The molecule has 0 N–H and O–H groups in total. The van der Waals surface area contributed by atoms with E-state index in [0.29, 0.717) is 6.42 Å². The van der Waals surface area contributed by atoms with Crippen LogP contribution in [0.25, 0.3) is 21.7 Å². The summed E-state index contributed by atoms with van der Waals surface area (Å²) < 4.78 is 5.67. The molecular formula is C19H19NO2. The van der Waals surface area contributed by atoms with Crippen molar-refractivity contribution in [3.05, 3.63) is 48.2 Å². The third kappa shape index (κ3) is 2.27. The number of nitrogens with zero attached hydrogens (tertiary/aromatic N) is 1. The van der Waals surface area contributed by atoms with E-state index in [-0.39, 0.29) is 5.91 Å². The Labute approximate surface area is 129 Å². The van der Waals surface area contributed by atoms with Gasteiger partial charge >= 0.3 is 0 Å². The van der Waals surface area contributed by atoms with Crippen LogP contribution in [-0.4, -0.2) is 23.9 Å². The molecule has 0 atom stereocenters. The van der Waals surface area contributed by atoms with E-state index in [1.54, 1.807) is 6.26 Å². The zero-order chi connectivity index (χ0) is 14.9. The summed E-state index contributed by atoms with van der Waals surface area (Å²) in [6, 6.07) is 12.3. The van der Waals surface area contributed by atoms with E-state index in [4.69, 9.17) is 4.42 Å². The fourth-order valence-corrected chi connectivity index (χ4v) is 3.42. The highest BCUT2D eigenvalue weighted by atomic mass is 16.3. The second kappa shape index (κ2) is 5.48. The summed E-state index contributed by atoms with van der Waals surface area (Å²) in [4.78, 5) is 14.5. The van der Waals surface area contributed by atoms with Gasteiger partial charge in [-0.2, -0.15) is 0 Å². The highest BCUT2D eigenvalue weighted by Crippen LogP contribution is 2.30. The van der Waals surface area contributed by atoms with Crippen LogP contribution in [0.3, 0.4) is 0 Å². The summed E-state index contributed by atoms with van der Waals surface area (Å²) in [5.74, 6) is 0.218. The minimum absolute atomic E-state index is 0.218. The predicted octanol–water partition coefficient (Wildman–Crippen LogP) is 4.14. The molecule has 0 aliphatic carbocycles. The van der Waals surface area contributed by atoms with Gasteiger partial charge in [-0.05, 0) is 36.1 Å². The molecule has 1 fully saturated rings. The number of carbonyl (C=O) groups is 1. The summed E-state index contributed by atoms with van der Waals surface area (Å²) in [7, 11) is 0. The Morgan fingerprint density at radius 2 is 1.86 bits per heavy atom. The Kier molecular flexibility index (Phi) is 3.34. The van der Waals surface area contributed by atoms with Crippen LogP contribution in [0.2, 0.25) is 0 Å². The SMILES string of the molecule is O=C(Cc1coc2ccc3ccccc3c12)N1CCCCC1. The molecule has 0 radical (unpaired) electrons. The molecule has 2 heterocycles. The van der Waals surface area contributed by atoms with E-state index in [9.17, 15) is 4.79 Å². The van der Waals surface area contributed by atoms with Gasteiger partial charge in [0.1, 0.15) is 5.58 Å². The van der Waals surface area contributed by atoms with Crippen LogP contribution in [0.5, 0.6) is 0 Å². The lowest BCUT2D eigenvalue weighted by Crippen LogP contribution is -2.36. The van der Waals surface area contributed by atoms with Crippen LogP contribution in [-0.2, 0) is 11.2 Å². The van der Waals surface area contributed by atoms with Gasteiger partial charge in [-0.1, -0.05) is 30.3 Å². The molecule has 22 heavy (non-hydrogen) atoms. The van der Waals surface area contributed by atoms with Gasteiger partial charge in [0.15, 0.2) is 0 Å². The smallest absolute Gasteiger partial charge is 0.227 e. The molecule has 1 saturated heterocycles. The molecule has 0 bridgehead atoms. The van der Waals surface area contributed by atoms with Crippen molar-refractivity contribution in [2.45, 2.75) is 25.7 Å². The van der Waals surface area contributed by atoms with Crippen LogP contribution in [0, 0.1) is 0 Å². The fourth-order valence-electron chi connectivity index (χ4n) is 3.42. The molecule has 1 aliphatic heterocycles. The lowest BCUT2D eigenvalue weighted by atomic mass is 10.0. The molecule has 112 valence electrons. The summed E-state index contributed by atoms with van der Waals surface area (Å²) in [6.07, 6.45) is 5.67. The van der Waals surface area contributed by atoms with Gasteiger partial charge in [0.05, 0.1) is 12.7 Å². The van der Waals surface area contributed by atoms with E-state index in [1.165, 1.54) is 11.8 Å². The molecule has 1 aromatic heterocycles. The maximum absolute atomic E-state index is 12.5. The minimum Gasteiger partial charge on any atom is -0.464 e. The summed E-state index contributed by atoms with van der Waals surface area (Å²) >= 11 is 0. The second-order valence-electron chi connectivity index (χ2n) is 6.04. The first-order valence-electron chi connectivity index (χ1n) is 7.98. The predicted molar refractivity (Wildman–Crippen MR) is 87.9 cm³/mol. The minimum atomic E-state index is 0.218. The van der Waals surface area contributed by atoms with Gasteiger partial charge in [0, 0.05) is 24.0 Å². The third-order valence-corrected chi connectivity index (χ3v) is 4.59. The molecule has 0 unspecified atom stereocenters. The molecule has 1 amide bonds. The first-order chi connectivity index (χ1) is 10.8. The number of amides is 1. The molecule has 3 aromatic rings. The molecule has 1 aliphatic rings. The molecule has 3 heteroatoms. The number of furan rings is 1. The van der Waals surface area contributed by atoms with E-state index < -0.39 is 0 Å². The number of benzene rings is 2. The lowest BCUT2D eigenvalue weighted by molar-refractivity contribution is -0.131. The lowest BCUT2D eigenvalue weighted by Gasteiger charge is -2.26. The van der Waals surface area contributed by atoms with Crippen molar-refractivity contribution in [3.63, 3.8) is 0 Å². The van der Waals surface area contributed by atoms with Crippen molar-refractivity contribution in [3.8, 4) is 0 Å². The average molecular weight is 293 g/mol. The first kappa shape index (κ1) is 13.4. The molecule has 2 aromatic carbocycles. The number of piperidine rings is 1. The monoisotopic (exact) mass is 293 g/mol. The summed E-state index contributed by atoms with van der Waals surface area (Å²) in [5.41, 5.74) is 1.86. The topological polar surface area (TPSA) is 33.5 Å². The van der Waals surface area contributed by atoms with Crippen molar-refractivity contribution in [2.24, 2.45) is 0 Å². The van der Waals surface area contributed by atoms with Crippen molar-refractivity contribution in [2.75, 3.05) is 13.1 Å². The Balaban J connectivity index is 1.72. The van der Waals surface area contributed by atoms with Gasteiger partial charge in [-0.15, -0.1) is 0 Å². The number of rotatable bonds is 2. The van der Waals surface area contributed by atoms with Crippen LogP contribution in [0.15, 0.2) is 47.1 Å². The Morgan fingerprint density at radius 3 is 2.73 bits per heavy atom. The van der Waals surface area contributed by atoms with E-state index in [0.717, 1.165) is 47.9 Å². The number of hydrogen-bond donors (Lipinski definition) is 0. The van der Waals surface area contributed by atoms with Gasteiger partial charge in [-0.25, -0.2) is 0 Å². The Bertz CT molecular complexity index is 828. The van der Waals surface area contributed by atoms with Crippen LogP contribution in [0.4, 0.5) is 0 Å². The van der Waals surface area contributed by atoms with Gasteiger partial charge in [0.2, 0.25) is 5.91 Å². The van der Waals surface area contributed by atoms with Gasteiger partial charge in [0.25, 0.3) is 0 Å². The Morgan fingerprint density at radius 1 is 1.05 bits per heavy atom. The van der Waals surface area contributed by atoms with E-state index >= 15 is 0 Å². The van der Waals surface area contributed by atoms with Crippen molar-refractivity contribution < 1.29 is 9.21 Å². The standard InChI is InChI=1S/C19H19NO2/c21-18(20-10-4-1-5-11-20)12-15-13-22-17-9-8-14-6-2-3-7-16(14)19(15)17/h2-3,6-9,13H,1,4-5,10-12H2. The van der Waals surface area contributed by atoms with E-state index in [1.807, 2.05) is 23.1 Å². The van der Waals surface area contributed by atoms with Crippen LogP contribution in [0.1, 0.15) is 24.8 Å². The molecule has 4 rings (SSSR count). The second-order valence-corrected chi connectivity index (χ2v) is 6.04. The van der Waals surface area contributed by atoms with Gasteiger partial charge < -0.3 is 9.32 Å². The highest BCUT2D eigenvalue weighted by molar-refractivity contribution is 6.08. The van der Waals surface area contributed by atoms with Crippen molar-refractivity contribution in [1.29, 1.82) is 0 Å². The molecule has 0 spiro atoms. The maximum Gasteiger partial charge on any atom is 0.227 e. The fraction of sp³-hybridized carbons (Fsp3) is 0.316. The van der Waals surface area contributed by atoms with E-state index in [2.05, 4.69) is 18.2 Å². The summed E-state index contributed by atoms with van der Waals surface area (Å²) in [5, 5.41) is 3.43. The maximum atomic E-state index is 12.5. The normalized spacial score (nSPS) is 15.5. The molecule has 0 saturated carbocycles. The molecular weight excluding hydrogens is 274 g/mol. The Hall–Kier alpha value is -2.29. The zero-order valence-corrected chi connectivity index (χ0v) is 12.5. The quantitative estimate of drug-likeness (QED) is 0.711. The van der Waals surface area contributed by atoms with Crippen LogP contribution < -0.4 is 0 Å². The number of carbonyl (C=O) groups excluding carboxylic acids is 1. The number of likely N-dealkylation sites (tertiary alicyclic amines) is 1. The van der Waals surface area contributed by atoms with Crippen LogP contribution >= 0.6 is 0 Å². The largest absolute Gasteiger partial charge is 0.464 e. The number of hydrogen-bond acceptors (Lipinski definition) is 2. The third-order valence-electron chi connectivity index (χ3n) is 4.59. The molecule has 3 nitrogen and oxygen atoms in total. The van der Waals surface area contributed by atoms with Crippen molar-refractivity contribution in [1.82, 2.24) is 4.90 Å². The number of fused-ring (bicyclic) bond motifs is 3. The first-order valence-corrected chi connectivity index (χ1v) is 7.98. The van der Waals surface area contributed by atoms with Gasteiger partial charge in [-0.3, -0.25) is 4.79 Å². The summed E-state index contributed by atoms with van der Waals surface area (Å²) in [6.45, 7) is 1.80. The average Bonchev–Trinajstić information content (AvgIpc) is 2.99.